The van der Waals surface area contributed by atoms with Crippen LogP contribution in [0.4, 0.5) is 11.6 Å². The quantitative estimate of drug-likeness (QED) is 0.383. The van der Waals surface area contributed by atoms with Crippen molar-refractivity contribution in [2.45, 2.75) is 25.8 Å². The highest BCUT2D eigenvalue weighted by Crippen LogP contribution is 2.24. The van der Waals surface area contributed by atoms with E-state index in [9.17, 15) is 13.2 Å². The summed E-state index contributed by atoms with van der Waals surface area (Å²) < 4.78 is 27.4. The summed E-state index contributed by atoms with van der Waals surface area (Å²) in [5.74, 6) is 1.09. The molecule has 0 spiro atoms. The van der Waals surface area contributed by atoms with Gasteiger partial charge in [0, 0.05) is 36.6 Å². The van der Waals surface area contributed by atoms with E-state index >= 15 is 0 Å². The maximum Gasteiger partial charge on any atom is 0.255 e. The topological polar surface area (TPSA) is 122 Å². The van der Waals surface area contributed by atoms with Gasteiger partial charge in [-0.2, -0.15) is 4.98 Å². The molecular formula is C26H29N7O3S. The predicted molar refractivity (Wildman–Crippen MR) is 143 cm³/mol. The van der Waals surface area contributed by atoms with Crippen LogP contribution in [0, 0.1) is 5.92 Å². The molecule has 3 heterocycles. The van der Waals surface area contributed by atoms with Crippen LogP contribution in [0.25, 0.3) is 16.9 Å². The molecule has 1 aliphatic rings. The zero-order chi connectivity index (χ0) is 26.0. The summed E-state index contributed by atoms with van der Waals surface area (Å²) in [6.07, 6.45) is 6.40. The second-order valence-corrected chi connectivity index (χ2v) is 11.3. The van der Waals surface area contributed by atoms with Gasteiger partial charge in [-0.3, -0.25) is 9.36 Å². The van der Waals surface area contributed by atoms with Crippen molar-refractivity contribution < 1.29 is 13.2 Å². The van der Waals surface area contributed by atoms with Crippen LogP contribution in [-0.4, -0.2) is 63.5 Å². The number of rotatable bonds is 7. The van der Waals surface area contributed by atoms with Crippen LogP contribution in [0.5, 0.6) is 0 Å². The molecule has 0 bridgehead atoms. The standard InChI is InChI=1S/C26H29N7O3S/c1-18(20-9-6-14-32(16-20)37(2,35)36)29-26-27-13-12-24(31-26)33-17-28-22-15-21(10-11-23(22)33)30-25(34)19-7-4-3-5-8-19/h3-5,7-8,10-13,15,17-18,20H,6,9,14,16H2,1-2H3,(H,30,34)(H,27,29,31). The molecule has 0 aliphatic carbocycles. The molecule has 1 aliphatic heterocycles. The highest BCUT2D eigenvalue weighted by atomic mass is 32.2. The van der Waals surface area contributed by atoms with Crippen LogP contribution < -0.4 is 10.6 Å². The third-order valence-electron chi connectivity index (χ3n) is 6.68. The van der Waals surface area contributed by atoms with E-state index in [0.29, 0.717) is 36.1 Å². The molecule has 10 nitrogen and oxygen atoms in total. The SMILES string of the molecule is CC(Nc1nccc(-n2cnc3cc(NC(=O)c4ccccc4)ccc32)n1)C1CCCN(S(C)(=O)=O)C1. The minimum absolute atomic E-state index is 0.00452. The molecule has 0 radical (unpaired) electrons. The van der Waals surface area contributed by atoms with Gasteiger partial charge in [-0.15, -0.1) is 0 Å². The lowest BCUT2D eigenvalue weighted by Gasteiger charge is -2.34. The van der Waals surface area contributed by atoms with Crippen LogP contribution in [0.15, 0.2) is 67.1 Å². The predicted octanol–water partition coefficient (Wildman–Crippen LogP) is 3.54. The molecule has 2 unspecified atom stereocenters. The Morgan fingerprint density at radius 3 is 2.70 bits per heavy atom. The van der Waals surface area contributed by atoms with Crippen LogP contribution in [0.3, 0.4) is 0 Å². The number of benzene rings is 2. The molecular weight excluding hydrogens is 490 g/mol. The summed E-state index contributed by atoms with van der Waals surface area (Å²) in [7, 11) is -3.21. The molecule has 5 rings (SSSR count). The first-order valence-electron chi connectivity index (χ1n) is 12.2. The molecule has 0 saturated carbocycles. The van der Waals surface area contributed by atoms with Gasteiger partial charge in [0.15, 0.2) is 0 Å². The van der Waals surface area contributed by atoms with Crippen molar-refractivity contribution in [1.29, 1.82) is 0 Å². The minimum atomic E-state index is -3.21. The van der Waals surface area contributed by atoms with Crippen molar-refractivity contribution in [3.05, 3.63) is 72.7 Å². The molecule has 4 aromatic rings. The Balaban J connectivity index is 1.31. The van der Waals surface area contributed by atoms with Crippen LogP contribution >= 0.6 is 0 Å². The molecule has 2 aromatic carbocycles. The summed E-state index contributed by atoms with van der Waals surface area (Å²) in [5.41, 5.74) is 2.80. The van der Waals surface area contributed by atoms with Crippen molar-refractivity contribution >= 4 is 38.6 Å². The average Bonchev–Trinajstić information content (AvgIpc) is 3.32. The van der Waals surface area contributed by atoms with Gasteiger partial charge in [-0.25, -0.2) is 22.7 Å². The number of aromatic nitrogens is 4. The van der Waals surface area contributed by atoms with Gasteiger partial charge in [0.1, 0.15) is 12.1 Å². The molecule has 2 aromatic heterocycles. The number of nitrogens with one attached hydrogen (secondary N) is 2. The van der Waals surface area contributed by atoms with Gasteiger partial charge in [0.25, 0.3) is 5.91 Å². The monoisotopic (exact) mass is 519 g/mol. The lowest BCUT2D eigenvalue weighted by molar-refractivity contribution is 0.102. The number of amides is 1. The second kappa shape index (κ2) is 10.3. The Kier molecular flexibility index (Phi) is 6.90. The lowest BCUT2D eigenvalue weighted by atomic mass is 9.93. The molecule has 2 atom stereocenters. The van der Waals surface area contributed by atoms with E-state index in [2.05, 4.69) is 25.6 Å². The molecule has 37 heavy (non-hydrogen) atoms. The highest BCUT2D eigenvalue weighted by molar-refractivity contribution is 7.88. The number of imidazole rings is 1. The van der Waals surface area contributed by atoms with Gasteiger partial charge in [-0.1, -0.05) is 18.2 Å². The first-order chi connectivity index (χ1) is 17.8. The number of fused-ring (bicyclic) bond motifs is 1. The van der Waals surface area contributed by atoms with Crippen LogP contribution in [0.1, 0.15) is 30.1 Å². The maximum absolute atomic E-state index is 12.5. The van der Waals surface area contributed by atoms with Gasteiger partial charge in [0.2, 0.25) is 16.0 Å². The Morgan fingerprint density at radius 2 is 1.92 bits per heavy atom. The van der Waals surface area contributed by atoms with E-state index in [4.69, 9.17) is 0 Å². The summed E-state index contributed by atoms with van der Waals surface area (Å²) in [6.45, 7) is 3.09. The van der Waals surface area contributed by atoms with Crippen molar-refractivity contribution in [3.8, 4) is 5.82 Å². The number of sulfonamides is 1. The Morgan fingerprint density at radius 1 is 1.11 bits per heavy atom. The zero-order valence-corrected chi connectivity index (χ0v) is 21.5. The van der Waals surface area contributed by atoms with Crippen LogP contribution in [-0.2, 0) is 10.0 Å². The molecule has 1 fully saturated rings. The lowest BCUT2D eigenvalue weighted by Crippen LogP contribution is -2.44. The summed E-state index contributed by atoms with van der Waals surface area (Å²) in [5, 5.41) is 6.26. The van der Waals surface area contributed by atoms with E-state index in [-0.39, 0.29) is 17.9 Å². The van der Waals surface area contributed by atoms with Gasteiger partial charge >= 0.3 is 0 Å². The first-order valence-corrected chi connectivity index (χ1v) is 14.0. The fourth-order valence-electron chi connectivity index (χ4n) is 4.62. The second-order valence-electron chi connectivity index (χ2n) is 9.33. The third-order valence-corrected chi connectivity index (χ3v) is 7.95. The van der Waals surface area contributed by atoms with Crippen molar-refractivity contribution in [2.75, 3.05) is 30.0 Å². The van der Waals surface area contributed by atoms with Gasteiger partial charge in [-0.05, 0) is 62.1 Å². The summed E-state index contributed by atoms with van der Waals surface area (Å²) >= 11 is 0. The van der Waals surface area contributed by atoms with Crippen molar-refractivity contribution in [3.63, 3.8) is 0 Å². The fourth-order valence-corrected chi connectivity index (χ4v) is 5.55. The van der Waals surface area contributed by atoms with E-state index in [1.54, 1.807) is 35.0 Å². The molecule has 192 valence electrons. The van der Waals surface area contributed by atoms with Crippen molar-refractivity contribution in [2.24, 2.45) is 5.92 Å². The van der Waals surface area contributed by atoms with E-state index < -0.39 is 10.0 Å². The Hall–Kier alpha value is -3.83. The van der Waals surface area contributed by atoms with Gasteiger partial charge in [0.05, 0.1) is 17.3 Å². The number of carbonyl (C=O) groups is 1. The molecule has 1 amide bonds. The third kappa shape index (κ3) is 5.62. The van der Waals surface area contributed by atoms with E-state index in [1.807, 2.05) is 47.9 Å². The first kappa shape index (κ1) is 24.8. The smallest absolute Gasteiger partial charge is 0.255 e. The highest BCUT2D eigenvalue weighted by Gasteiger charge is 2.29. The molecule has 2 N–H and O–H groups in total. The fraction of sp³-hybridized carbons (Fsp3) is 0.308. The number of hydrogen-bond donors (Lipinski definition) is 2. The number of hydrogen-bond acceptors (Lipinski definition) is 7. The molecule has 1 saturated heterocycles. The number of piperidine rings is 1. The summed E-state index contributed by atoms with van der Waals surface area (Å²) in [4.78, 5) is 26.0. The average molecular weight is 520 g/mol. The van der Waals surface area contributed by atoms with E-state index in [1.165, 1.54) is 6.26 Å². The zero-order valence-electron chi connectivity index (χ0n) is 20.7. The normalized spacial score (nSPS) is 17.4. The number of anilines is 2. The number of carbonyl (C=O) groups excluding carboxylic acids is 1. The molecule has 11 heteroatoms. The summed E-state index contributed by atoms with van der Waals surface area (Å²) in [6, 6.07) is 16.4. The van der Waals surface area contributed by atoms with Crippen molar-refractivity contribution in [1.82, 2.24) is 23.8 Å². The largest absolute Gasteiger partial charge is 0.351 e. The Bertz CT molecular complexity index is 1520. The maximum atomic E-state index is 12.5. The Labute approximate surface area is 215 Å². The van der Waals surface area contributed by atoms with Gasteiger partial charge < -0.3 is 10.6 Å². The number of nitrogens with zero attached hydrogens (tertiary/aromatic N) is 5. The van der Waals surface area contributed by atoms with E-state index in [0.717, 1.165) is 23.9 Å². The van der Waals surface area contributed by atoms with Crippen LogP contribution in [0.2, 0.25) is 0 Å². The minimum Gasteiger partial charge on any atom is -0.351 e.